The van der Waals surface area contributed by atoms with Crippen molar-refractivity contribution in [1.82, 2.24) is 9.55 Å². The molecule has 6 nitrogen and oxygen atoms in total. The number of alkyl halides is 3. The fourth-order valence-corrected chi connectivity index (χ4v) is 3.93. The van der Waals surface area contributed by atoms with Crippen LogP contribution in [0.25, 0.3) is 6.08 Å². The smallest absolute Gasteiger partial charge is 0.350 e. The van der Waals surface area contributed by atoms with E-state index in [0.29, 0.717) is 28.9 Å². The van der Waals surface area contributed by atoms with E-state index in [1.54, 1.807) is 19.2 Å². The number of ketones is 1. The zero-order valence-electron chi connectivity index (χ0n) is 16.3. The number of nitrogens with zero attached hydrogens (tertiary/aromatic N) is 3. The van der Waals surface area contributed by atoms with Gasteiger partial charge in [-0.3, -0.25) is 4.79 Å². The Hall–Kier alpha value is -3.42. The van der Waals surface area contributed by atoms with Gasteiger partial charge in [-0.05, 0) is 48.5 Å². The lowest BCUT2D eigenvalue weighted by atomic mass is 10.1. The van der Waals surface area contributed by atoms with Crippen molar-refractivity contribution in [2.45, 2.75) is 11.2 Å². The molecule has 1 aromatic carbocycles. The number of rotatable bonds is 5. The second-order valence-corrected chi connectivity index (χ2v) is 8.91. The van der Waals surface area contributed by atoms with Crippen LogP contribution in [0, 0.1) is 11.3 Å². The van der Waals surface area contributed by atoms with Crippen LogP contribution in [0.1, 0.15) is 27.2 Å². The molecule has 0 fully saturated rings. The second-order valence-electron chi connectivity index (χ2n) is 6.61. The Morgan fingerprint density at radius 2 is 1.81 bits per heavy atom. The van der Waals surface area contributed by atoms with Gasteiger partial charge in [-0.25, -0.2) is 13.4 Å². The molecule has 0 aliphatic heterocycles. The summed E-state index contributed by atoms with van der Waals surface area (Å²) < 4.78 is 64.9. The summed E-state index contributed by atoms with van der Waals surface area (Å²) in [6.45, 7) is 0. The van der Waals surface area contributed by atoms with Crippen molar-refractivity contribution < 1.29 is 26.4 Å². The molecular formula is C21H13ClF3N3O3S. The SMILES string of the molecule is Cn1cc(C(=O)c2ccc(Cl)cc2)cc1C=C(C#N)S(=O)(=O)c1ccc(C(F)(F)F)cn1. The van der Waals surface area contributed by atoms with Gasteiger partial charge in [0, 0.05) is 41.3 Å². The first kappa shape index (κ1) is 23.2. The maximum Gasteiger partial charge on any atom is 0.417 e. The molecule has 0 amide bonds. The number of aryl methyl sites for hydroxylation is 1. The van der Waals surface area contributed by atoms with E-state index in [-0.39, 0.29) is 17.0 Å². The summed E-state index contributed by atoms with van der Waals surface area (Å²) in [4.78, 5) is 15.3. The monoisotopic (exact) mass is 479 g/mol. The third-order valence-electron chi connectivity index (χ3n) is 4.43. The molecule has 0 aliphatic rings. The molecule has 0 N–H and O–H groups in total. The maximum atomic E-state index is 12.7. The lowest BCUT2D eigenvalue weighted by Crippen LogP contribution is -2.10. The quantitative estimate of drug-likeness (QED) is 0.392. The highest BCUT2D eigenvalue weighted by molar-refractivity contribution is 7.95. The molecule has 0 radical (unpaired) electrons. The molecule has 0 saturated heterocycles. The van der Waals surface area contributed by atoms with Gasteiger partial charge in [0.05, 0.1) is 5.56 Å². The summed E-state index contributed by atoms with van der Waals surface area (Å²) in [7, 11) is -2.94. The van der Waals surface area contributed by atoms with Crippen LogP contribution < -0.4 is 0 Å². The van der Waals surface area contributed by atoms with Gasteiger partial charge < -0.3 is 4.57 Å². The molecular weight excluding hydrogens is 467 g/mol. The second kappa shape index (κ2) is 8.61. The Kier molecular flexibility index (Phi) is 6.25. The highest BCUT2D eigenvalue weighted by Crippen LogP contribution is 2.30. The zero-order valence-corrected chi connectivity index (χ0v) is 17.8. The summed E-state index contributed by atoms with van der Waals surface area (Å²) in [6, 6.07) is 10.4. The van der Waals surface area contributed by atoms with Gasteiger partial charge in [0.2, 0.25) is 9.84 Å². The van der Waals surface area contributed by atoms with Crippen LogP contribution in [0.2, 0.25) is 5.02 Å². The molecule has 0 atom stereocenters. The summed E-state index contributed by atoms with van der Waals surface area (Å²) >= 11 is 5.82. The number of sulfone groups is 1. The number of nitriles is 1. The molecule has 2 aromatic heterocycles. The van der Waals surface area contributed by atoms with Crippen LogP contribution in [0.15, 0.2) is 64.8 Å². The average Bonchev–Trinajstić information content (AvgIpc) is 3.11. The summed E-state index contributed by atoms with van der Waals surface area (Å²) in [6.07, 6.45) is -1.82. The van der Waals surface area contributed by atoms with E-state index in [9.17, 15) is 31.6 Å². The summed E-state index contributed by atoms with van der Waals surface area (Å²) in [5, 5.41) is 9.14. The topological polar surface area (TPSA) is 92.8 Å². The van der Waals surface area contributed by atoms with E-state index in [1.807, 2.05) is 0 Å². The molecule has 164 valence electrons. The van der Waals surface area contributed by atoms with Gasteiger partial charge >= 0.3 is 6.18 Å². The van der Waals surface area contributed by atoms with Crippen molar-refractivity contribution in [2.75, 3.05) is 0 Å². The number of benzene rings is 1. The molecule has 0 unspecified atom stereocenters. The Morgan fingerprint density at radius 1 is 1.16 bits per heavy atom. The number of carbonyl (C=O) groups is 1. The van der Waals surface area contributed by atoms with Crippen LogP contribution in [0.4, 0.5) is 13.2 Å². The van der Waals surface area contributed by atoms with Gasteiger partial charge in [-0.1, -0.05) is 11.6 Å². The van der Waals surface area contributed by atoms with E-state index >= 15 is 0 Å². The Bertz CT molecular complexity index is 1350. The van der Waals surface area contributed by atoms with Gasteiger partial charge in [0.1, 0.15) is 6.07 Å². The Morgan fingerprint density at radius 3 is 2.34 bits per heavy atom. The van der Waals surface area contributed by atoms with E-state index < -0.39 is 31.5 Å². The van der Waals surface area contributed by atoms with Crippen LogP contribution in [-0.2, 0) is 23.1 Å². The molecule has 32 heavy (non-hydrogen) atoms. The number of halogens is 4. The number of aromatic nitrogens is 2. The molecule has 0 bridgehead atoms. The minimum atomic E-state index is -4.68. The largest absolute Gasteiger partial charge is 0.417 e. The maximum absolute atomic E-state index is 12.7. The highest BCUT2D eigenvalue weighted by atomic mass is 35.5. The Balaban J connectivity index is 1.96. The minimum absolute atomic E-state index is 0.217. The fourth-order valence-electron chi connectivity index (χ4n) is 2.74. The van der Waals surface area contributed by atoms with Crippen molar-refractivity contribution in [3.63, 3.8) is 0 Å². The van der Waals surface area contributed by atoms with Gasteiger partial charge in [-0.15, -0.1) is 0 Å². The standard InChI is InChI=1S/C21H13ClF3N3O3S/c1-28-12-14(20(29)13-2-5-16(22)6-3-13)8-17(28)9-18(10-26)32(30,31)19-7-4-15(11-27-19)21(23,24)25/h2-9,11-12H,1H3. The lowest BCUT2D eigenvalue weighted by Gasteiger charge is -2.07. The van der Waals surface area contributed by atoms with E-state index in [4.69, 9.17) is 11.6 Å². The molecule has 2 heterocycles. The van der Waals surface area contributed by atoms with Crippen LogP contribution in [0.5, 0.6) is 0 Å². The molecule has 0 aliphatic carbocycles. The number of pyridine rings is 1. The van der Waals surface area contributed by atoms with Crippen molar-refractivity contribution >= 4 is 33.3 Å². The molecule has 3 rings (SSSR count). The van der Waals surface area contributed by atoms with Crippen LogP contribution >= 0.6 is 11.6 Å². The normalized spacial score (nSPS) is 12.4. The third kappa shape index (κ3) is 4.74. The van der Waals surface area contributed by atoms with E-state index in [1.165, 1.54) is 35.0 Å². The van der Waals surface area contributed by atoms with Crippen molar-refractivity contribution in [3.05, 3.63) is 87.2 Å². The van der Waals surface area contributed by atoms with Gasteiger partial charge in [-0.2, -0.15) is 18.4 Å². The van der Waals surface area contributed by atoms with Crippen molar-refractivity contribution in [2.24, 2.45) is 7.05 Å². The highest BCUT2D eigenvalue weighted by Gasteiger charge is 2.32. The predicted molar refractivity (Wildman–Crippen MR) is 110 cm³/mol. The third-order valence-corrected chi connectivity index (χ3v) is 6.26. The lowest BCUT2D eigenvalue weighted by molar-refractivity contribution is -0.137. The number of allylic oxidation sites excluding steroid dienone is 1. The molecule has 11 heteroatoms. The van der Waals surface area contributed by atoms with Crippen LogP contribution in [0.3, 0.4) is 0 Å². The first-order chi connectivity index (χ1) is 14.9. The van der Waals surface area contributed by atoms with Crippen molar-refractivity contribution in [1.29, 1.82) is 5.26 Å². The number of carbonyl (C=O) groups excluding carboxylic acids is 1. The first-order valence-corrected chi connectivity index (χ1v) is 10.7. The zero-order chi connectivity index (χ0) is 23.7. The molecule has 0 spiro atoms. The minimum Gasteiger partial charge on any atom is -0.350 e. The number of hydrogen-bond donors (Lipinski definition) is 0. The van der Waals surface area contributed by atoms with Gasteiger partial charge in [0.25, 0.3) is 0 Å². The van der Waals surface area contributed by atoms with Gasteiger partial charge in [0.15, 0.2) is 15.7 Å². The first-order valence-electron chi connectivity index (χ1n) is 8.80. The van der Waals surface area contributed by atoms with Crippen molar-refractivity contribution in [3.8, 4) is 6.07 Å². The Labute approximate surface area is 186 Å². The summed E-state index contributed by atoms with van der Waals surface area (Å²) in [5.74, 6) is -0.345. The summed E-state index contributed by atoms with van der Waals surface area (Å²) in [5.41, 5.74) is -0.304. The van der Waals surface area contributed by atoms with E-state index in [2.05, 4.69) is 4.98 Å². The average molecular weight is 480 g/mol. The predicted octanol–water partition coefficient (Wildman–Crippen LogP) is 4.66. The fraction of sp³-hybridized carbons (Fsp3) is 0.0952. The molecule has 0 saturated carbocycles. The van der Waals surface area contributed by atoms with Crippen LogP contribution in [-0.4, -0.2) is 23.8 Å². The molecule has 3 aromatic rings. The van der Waals surface area contributed by atoms with E-state index in [0.717, 1.165) is 6.08 Å². The number of hydrogen-bond acceptors (Lipinski definition) is 5.